The van der Waals surface area contributed by atoms with E-state index in [0.717, 1.165) is 16.6 Å². The fourth-order valence-electron chi connectivity index (χ4n) is 4.12. The number of benzene rings is 2. The van der Waals surface area contributed by atoms with Gasteiger partial charge in [-0.25, -0.2) is 9.48 Å². The Morgan fingerprint density at radius 2 is 1.87 bits per heavy atom. The second-order valence-electron chi connectivity index (χ2n) is 9.01. The molecule has 0 atom stereocenters. The first-order valence-electron chi connectivity index (χ1n) is 12.1. The molecule has 0 fully saturated rings. The van der Waals surface area contributed by atoms with E-state index in [4.69, 9.17) is 9.15 Å². The van der Waals surface area contributed by atoms with E-state index in [-0.39, 0.29) is 12.4 Å². The topological polar surface area (TPSA) is 124 Å². The van der Waals surface area contributed by atoms with Crippen molar-refractivity contribution in [1.29, 1.82) is 0 Å². The number of ether oxygens (including phenoxy) is 1. The Balaban J connectivity index is 1.23. The summed E-state index contributed by atoms with van der Waals surface area (Å²) in [6.07, 6.45) is 3.46. The Kier molecular flexibility index (Phi) is 7.05. The highest BCUT2D eigenvalue weighted by Gasteiger charge is 2.10. The van der Waals surface area contributed by atoms with E-state index in [1.54, 1.807) is 28.4 Å². The maximum absolute atomic E-state index is 12.2. The lowest BCUT2D eigenvalue weighted by Crippen LogP contribution is -2.22. The van der Waals surface area contributed by atoms with Crippen molar-refractivity contribution in [3.63, 3.8) is 0 Å². The van der Waals surface area contributed by atoms with Gasteiger partial charge in [-0.2, -0.15) is 0 Å². The first kappa shape index (κ1) is 25.0. The van der Waals surface area contributed by atoms with Gasteiger partial charge in [0.1, 0.15) is 23.6 Å². The minimum Gasteiger partial charge on any atom is -0.503 e. The van der Waals surface area contributed by atoms with Crippen molar-refractivity contribution in [2.75, 3.05) is 6.54 Å². The first-order valence-corrected chi connectivity index (χ1v) is 12.1. The second kappa shape index (κ2) is 10.7. The quantitative estimate of drug-likeness (QED) is 0.227. The summed E-state index contributed by atoms with van der Waals surface area (Å²) in [7, 11) is 0. The molecule has 2 aromatic carbocycles. The molecule has 3 heterocycles. The van der Waals surface area contributed by atoms with Gasteiger partial charge in [0.2, 0.25) is 5.43 Å². The number of nitrogens with zero attached hydrogens (tertiary/aromatic N) is 4. The van der Waals surface area contributed by atoms with Gasteiger partial charge < -0.3 is 24.1 Å². The van der Waals surface area contributed by atoms with Crippen molar-refractivity contribution < 1.29 is 14.3 Å². The summed E-state index contributed by atoms with van der Waals surface area (Å²) in [6, 6.07) is 16.2. The molecule has 0 aliphatic heterocycles. The number of rotatable bonds is 9. The van der Waals surface area contributed by atoms with Gasteiger partial charge in [-0.15, -0.1) is 5.10 Å². The lowest BCUT2D eigenvalue weighted by atomic mass is 10.1. The van der Waals surface area contributed by atoms with Gasteiger partial charge >= 0.3 is 5.63 Å². The molecule has 0 aliphatic rings. The third kappa shape index (κ3) is 5.50. The third-order valence-electron chi connectivity index (χ3n) is 6.29. The molecule has 0 radical (unpaired) electrons. The van der Waals surface area contributed by atoms with Crippen LogP contribution < -0.4 is 21.1 Å². The molecule has 0 aliphatic carbocycles. The molecule has 10 nitrogen and oxygen atoms in total. The monoisotopic (exact) mass is 513 g/mol. The molecular formula is C28H27N5O5. The zero-order chi connectivity index (χ0) is 26.6. The highest BCUT2D eigenvalue weighted by Crippen LogP contribution is 2.23. The fourth-order valence-corrected chi connectivity index (χ4v) is 4.12. The van der Waals surface area contributed by atoms with Crippen molar-refractivity contribution in [1.82, 2.24) is 24.9 Å². The van der Waals surface area contributed by atoms with Crippen molar-refractivity contribution in [3.8, 4) is 17.2 Å². The normalized spacial score (nSPS) is 11.2. The van der Waals surface area contributed by atoms with Crippen molar-refractivity contribution in [3.05, 3.63) is 110 Å². The summed E-state index contributed by atoms with van der Waals surface area (Å²) in [5, 5.41) is 22.3. The predicted octanol–water partition coefficient (Wildman–Crippen LogP) is 3.23. The average Bonchev–Trinajstić information content (AvgIpc) is 3.39. The van der Waals surface area contributed by atoms with E-state index in [9.17, 15) is 14.7 Å². The summed E-state index contributed by atoms with van der Waals surface area (Å²) in [5.41, 5.74) is 3.63. The third-order valence-corrected chi connectivity index (χ3v) is 6.29. The van der Waals surface area contributed by atoms with Gasteiger partial charge in [0, 0.05) is 49.4 Å². The van der Waals surface area contributed by atoms with E-state index < -0.39 is 11.1 Å². The summed E-state index contributed by atoms with van der Waals surface area (Å²) >= 11 is 0. The molecule has 5 aromatic rings. The van der Waals surface area contributed by atoms with Crippen LogP contribution in [0.2, 0.25) is 0 Å². The van der Waals surface area contributed by atoms with Crippen LogP contribution in [-0.2, 0) is 19.7 Å². The Morgan fingerprint density at radius 1 is 1.05 bits per heavy atom. The molecule has 10 heteroatoms. The number of nitrogens with one attached hydrogen (secondary N) is 1. The number of hydrogen-bond acceptors (Lipinski definition) is 8. The second-order valence-corrected chi connectivity index (χ2v) is 9.01. The molecule has 0 spiro atoms. The Bertz CT molecular complexity index is 1700. The number of aromatic nitrogens is 4. The Hall–Kier alpha value is -4.70. The summed E-state index contributed by atoms with van der Waals surface area (Å²) in [6.45, 7) is 5.48. The largest absolute Gasteiger partial charge is 0.503 e. The zero-order valence-corrected chi connectivity index (χ0v) is 21.0. The van der Waals surface area contributed by atoms with Gasteiger partial charge in [0.25, 0.3) is 0 Å². The average molecular weight is 514 g/mol. The molecule has 5 rings (SSSR count). The molecule has 3 aromatic heterocycles. The smallest absolute Gasteiger partial charge is 0.336 e. The van der Waals surface area contributed by atoms with Gasteiger partial charge in [-0.3, -0.25) is 4.79 Å². The van der Waals surface area contributed by atoms with Gasteiger partial charge in [-0.1, -0.05) is 22.9 Å². The van der Waals surface area contributed by atoms with E-state index in [1.807, 2.05) is 49.5 Å². The van der Waals surface area contributed by atoms with Crippen molar-refractivity contribution in [2.24, 2.45) is 0 Å². The van der Waals surface area contributed by atoms with Crippen molar-refractivity contribution >= 4 is 11.0 Å². The first-order chi connectivity index (χ1) is 18.4. The van der Waals surface area contributed by atoms with Crippen LogP contribution in [0.5, 0.6) is 11.5 Å². The highest BCUT2D eigenvalue weighted by molar-refractivity contribution is 5.81. The minimum atomic E-state index is -0.450. The van der Waals surface area contributed by atoms with Gasteiger partial charge in [-0.05, 0) is 43.7 Å². The maximum Gasteiger partial charge on any atom is 0.336 e. The van der Waals surface area contributed by atoms with Crippen LogP contribution >= 0.6 is 0 Å². The van der Waals surface area contributed by atoms with Crippen LogP contribution in [0, 0.1) is 13.8 Å². The lowest BCUT2D eigenvalue weighted by molar-refractivity contribution is 0.301. The van der Waals surface area contributed by atoms with E-state index in [1.165, 1.54) is 17.7 Å². The van der Waals surface area contributed by atoms with Crippen LogP contribution in [0.25, 0.3) is 16.7 Å². The number of aryl methyl sites for hydroxylation is 1. The van der Waals surface area contributed by atoms with Gasteiger partial charge in [0.15, 0.2) is 5.75 Å². The molecule has 0 unspecified atom stereocenters. The molecule has 2 N–H and O–H groups in total. The van der Waals surface area contributed by atoms with Gasteiger partial charge in [0.05, 0.1) is 17.6 Å². The van der Waals surface area contributed by atoms with Crippen molar-refractivity contribution in [2.45, 2.75) is 33.5 Å². The summed E-state index contributed by atoms with van der Waals surface area (Å²) < 4.78 is 14.8. The van der Waals surface area contributed by atoms with Crippen LogP contribution in [0.1, 0.15) is 22.5 Å². The molecular weight excluding hydrogens is 486 g/mol. The molecule has 0 amide bonds. The number of hydrogen-bond donors (Lipinski definition) is 2. The molecule has 0 bridgehead atoms. The van der Waals surface area contributed by atoms with Crippen LogP contribution in [0.15, 0.2) is 81.0 Å². The van der Waals surface area contributed by atoms with E-state index in [2.05, 4.69) is 15.6 Å². The summed E-state index contributed by atoms with van der Waals surface area (Å²) in [4.78, 5) is 23.7. The maximum atomic E-state index is 12.2. The number of aromatic hydroxyl groups is 1. The Morgan fingerprint density at radius 3 is 2.68 bits per heavy atom. The fraction of sp³-hybridized carbons (Fsp3) is 0.214. The van der Waals surface area contributed by atoms with Crippen LogP contribution in [-0.4, -0.2) is 31.2 Å². The SMILES string of the molecule is Cc1ccc(-n2cc(COc3ccc4c(CNCCn5ccc(=O)c(O)c5C)cc(=O)oc4c3)nn2)cc1. The number of pyridine rings is 1. The highest BCUT2D eigenvalue weighted by atomic mass is 16.5. The Labute approximate surface area is 217 Å². The predicted molar refractivity (Wildman–Crippen MR) is 142 cm³/mol. The standard InChI is InChI=1S/C28H27N5O5/c1-18-3-5-22(6-4-18)33-16-21(30-31-33)17-37-23-7-8-24-20(13-27(35)38-26(24)14-23)15-29-10-12-32-11-9-25(34)28(36)19(32)2/h3-9,11,13-14,16,29,36H,10,12,15,17H2,1-2H3. The number of fused-ring (bicyclic) bond motifs is 1. The molecule has 0 saturated heterocycles. The minimum absolute atomic E-state index is 0.211. The molecule has 0 saturated carbocycles. The molecule has 194 valence electrons. The van der Waals surface area contributed by atoms with E-state index >= 15 is 0 Å². The summed E-state index contributed by atoms with van der Waals surface area (Å²) in [5.74, 6) is 0.303. The zero-order valence-electron chi connectivity index (χ0n) is 21.0. The van der Waals surface area contributed by atoms with Crippen LogP contribution in [0.4, 0.5) is 0 Å². The van der Waals surface area contributed by atoms with E-state index in [0.29, 0.717) is 42.4 Å². The van der Waals surface area contributed by atoms with Crippen LogP contribution in [0.3, 0.4) is 0 Å². The lowest BCUT2D eigenvalue weighted by Gasteiger charge is -2.13. The molecule has 38 heavy (non-hydrogen) atoms.